The van der Waals surface area contributed by atoms with E-state index in [9.17, 15) is 0 Å². The number of rotatable bonds is 5. The van der Waals surface area contributed by atoms with Crippen molar-refractivity contribution >= 4 is 11.8 Å². The minimum Gasteiger partial charge on any atom is -0.311 e. The molecule has 0 saturated carbocycles. The maximum Gasteiger partial charge on any atom is 0.0168 e. The molecule has 0 bridgehead atoms. The third kappa shape index (κ3) is 4.37. The highest BCUT2D eigenvalue weighted by Crippen LogP contribution is 2.18. The second kappa shape index (κ2) is 5.92. The average Bonchev–Trinajstić information content (AvgIpc) is 2.56. The molecule has 1 aliphatic rings. The van der Waals surface area contributed by atoms with E-state index in [0.717, 1.165) is 12.0 Å². The molecule has 0 aliphatic carbocycles. The highest BCUT2D eigenvalue weighted by Gasteiger charge is 2.17. The van der Waals surface area contributed by atoms with E-state index >= 15 is 0 Å². The smallest absolute Gasteiger partial charge is 0.0168 e. The number of hydrogen-bond donors (Lipinski definition) is 1. The van der Waals surface area contributed by atoms with Crippen LogP contribution in [0.3, 0.4) is 0 Å². The molecule has 0 amide bonds. The summed E-state index contributed by atoms with van der Waals surface area (Å²) >= 11 is 2.09. The Morgan fingerprint density at radius 2 is 2.23 bits per heavy atom. The van der Waals surface area contributed by atoms with Gasteiger partial charge in [0.15, 0.2) is 0 Å². The van der Waals surface area contributed by atoms with Crippen molar-refractivity contribution in [3.8, 4) is 0 Å². The van der Waals surface area contributed by atoms with Crippen LogP contribution < -0.4 is 5.32 Å². The van der Waals surface area contributed by atoms with Gasteiger partial charge in [-0.2, -0.15) is 11.8 Å². The summed E-state index contributed by atoms with van der Waals surface area (Å²) in [6, 6.07) is 1.50. The average molecular weight is 201 g/mol. The summed E-state index contributed by atoms with van der Waals surface area (Å²) in [6.45, 7) is 6.96. The number of thioether (sulfide) groups is 1. The summed E-state index contributed by atoms with van der Waals surface area (Å²) in [6.07, 6.45) is 4.01. The molecule has 1 nitrogen and oxygen atoms in total. The van der Waals surface area contributed by atoms with Gasteiger partial charge in [0, 0.05) is 17.8 Å². The van der Waals surface area contributed by atoms with Crippen LogP contribution in [0.1, 0.15) is 40.0 Å². The number of hydrogen-bond acceptors (Lipinski definition) is 2. The summed E-state index contributed by atoms with van der Waals surface area (Å²) in [5.41, 5.74) is 0. The first-order valence-electron chi connectivity index (χ1n) is 5.56. The van der Waals surface area contributed by atoms with Crippen molar-refractivity contribution < 1.29 is 0 Å². The van der Waals surface area contributed by atoms with Gasteiger partial charge in [0.2, 0.25) is 0 Å². The molecule has 0 radical (unpaired) electrons. The van der Waals surface area contributed by atoms with Crippen LogP contribution in [-0.4, -0.2) is 23.6 Å². The molecule has 1 aliphatic heterocycles. The van der Waals surface area contributed by atoms with Crippen LogP contribution in [0.5, 0.6) is 0 Å². The van der Waals surface area contributed by atoms with E-state index < -0.39 is 0 Å². The van der Waals surface area contributed by atoms with Gasteiger partial charge >= 0.3 is 0 Å². The van der Waals surface area contributed by atoms with E-state index in [1.54, 1.807) is 0 Å². The SMILES string of the molecule is CCC(C)CC(C)NC1CCSC1. The summed E-state index contributed by atoms with van der Waals surface area (Å²) in [5, 5.41) is 3.72. The highest BCUT2D eigenvalue weighted by molar-refractivity contribution is 7.99. The van der Waals surface area contributed by atoms with Gasteiger partial charge in [0.25, 0.3) is 0 Å². The van der Waals surface area contributed by atoms with Gasteiger partial charge in [-0.05, 0) is 31.4 Å². The van der Waals surface area contributed by atoms with Gasteiger partial charge in [0.1, 0.15) is 0 Å². The first-order valence-corrected chi connectivity index (χ1v) is 6.71. The predicted octanol–water partition coefficient (Wildman–Crippen LogP) is 2.91. The fourth-order valence-corrected chi connectivity index (χ4v) is 3.07. The Hall–Kier alpha value is 0.310. The topological polar surface area (TPSA) is 12.0 Å². The standard InChI is InChI=1S/C11H23NS/c1-4-9(2)7-10(3)12-11-5-6-13-8-11/h9-12H,4-8H2,1-3H3. The van der Waals surface area contributed by atoms with Gasteiger partial charge in [-0.3, -0.25) is 0 Å². The lowest BCUT2D eigenvalue weighted by Gasteiger charge is -2.21. The zero-order chi connectivity index (χ0) is 9.68. The van der Waals surface area contributed by atoms with Gasteiger partial charge in [-0.15, -0.1) is 0 Å². The van der Waals surface area contributed by atoms with Crippen molar-refractivity contribution in [2.45, 2.75) is 52.1 Å². The van der Waals surface area contributed by atoms with Gasteiger partial charge < -0.3 is 5.32 Å². The van der Waals surface area contributed by atoms with Crippen molar-refractivity contribution in [2.24, 2.45) is 5.92 Å². The Morgan fingerprint density at radius 3 is 2.77 bits per heavy atom. The second-order valence-electron chi connectivity index (χ2n) is 4.38. The molecule has 2 heteroatoms. The quantitative estimate of drug-likeness (QED) is 0.734. The first-order chi connectivity index (χ1) is 6.22. The summed E-state index contributed by atoms with van der Waals surface area (Å²) in [7, 11) is 0. The van der Waals surface area contributed by atoms with Crippen molar-refractivity contribution in [3.63, 3.8) is 0 Å². The van der Waals surface area contributed by atoms with Crippen LogP contribution in [0.15, 0.2) is 0 Å². The van der Waals surface area contributed by atoms with Crippen LogP contribution in [0.2, 0.25) is 0 Å². The molecule has 0 spiro atoms. The molecule has 1 rings (SSSR count). The summed E-state index contributed by atoms with van der Waals surface area (Å²) < 4.78 is 0. The van der Waals surface area contributed by atoms with Crippen LogP contribution >= 0.6 is 11.8 Å². The molecule has 1 saturated heterocycles. The van der Waals surface area contributed by atoms with Crippen LogP contribution in [0, 0.1) is 5.92 Å². The van der Waals surface area contributed by atoms with Crippen molar-refractivity contribution in [2.75, 3.05) is 11.5 Å². The Kier molecular flexibility index (Phi) is 5.18. The Balaban J connectivity index is 2.12. The third-order valence-corrected chi connectivity index (χ3v) is 4.07. The first kappa shape index (κ1) is 11.4. The van der Waals surface area contributed by atoms with Gasteiger partial charge in [0.05, 0.1) is 0 Å². The monoisotopic (exact) mass is 201 g/mol. The lowest BCUT2D eigenvalue weighted by molar-refractivity contribution is 0.384. The molecule has 1 N–H and O–H groups in total. The second-order valence-corrected chi connectivity index (χ2v) is 5.53. The number of nitrogens with one attached hydrogen (secondary N) is 1. The van der Waals surface area contributed by atoms with E-state index in [1.165, 1.54) is 30.8 Å². The zero-order valence-electron chi connectivity index (χ0n) is 9.18. The maximum atomic E-state index is 3.72. The van der Waals surface area contributed by atoms with Crippen LogP contribution in [0.4, 0.5) is 0 Å². The Bertz CT molecular complexity index is 132. The zero-order valence-corrected chi connectivity index (χ0v) is 9.99. The van der Waals surface area contributed by atoms with E-state index in [0.29, 0.717) is 6.04 Å². The molecule has 3 unspecified atom stereocenters. The fourth-order valence-electron chi connectivity index (χ4n) is 1.91. The van der Waals surface area contributed by atoms with Crippen LogP contribution in [0.25, 0.3) is 0 Å². The minimum absolute atomic E-state index is 0.707. The molecule has 1 fully saturated rings. The van der Waals surface area contributed by atoms with Gasteiger partial charge in [-0.1, -0.05) is 20.3 Å². The van der Waals surface area contributed by atoms with Crippen LogP contribution in [-0.2, 0) is 0 Å². The Morgan fingerprint density at radius 1 is 1.46 bits per heavy atom. The third-order valence-electron chi connectivity index (χ3n) is 2.90. The molecule has 0 aromatic heterocycles. The van der Waals surface area contributed by atoms with Gasteiger partial charge in [-0.25, -0.2) is 0 Å². The molecule has 0 aromatic carbocycles. The predicted molar refractivity (Wildman–Crippen MR) is 62.4 cm³/mol. The van der Waals surface area contributed by atoms with Crippen molar-refractivity contribution in [1.82, 2.24) is 5.32 Å². The van der Waals surface area contributed by atoms with E-state index in [2.05, 4.69) is 37.8 Å². The fraction of sp³-hybridized carbons (Fsp3) is 1.00. The molecule has 0 aromatic rings. The highest BCUT2D eigenvalue weighted by atomic mass is 32.2. The molecular weight excluding hydrogens is 178 g/mol. The van der Waals surface area contributed by atoms with E-state index in [4.69, 9.17) is 0 Å². The van der Waals surface area contributed by atoms with E-state index in [-0.39, 0.29) is 0 Å². The summed E-state index contributed by atoms with van der Waals surface area (Å²) in [5.74, 6) is 3.55. The van der Waals surface area contributed by atoms with Crippen molar-refractivity contribution in [3.05, 3.63) is 0 Å². The largest absolute Gasteiger partial charge is 0.311 e. The molecule has 1 heterocycles. The summed E-state index contributed by atoms with van der Waals surface area (Å²) in [4.78, 5) is 0. The molecular formula is C11H23NS. The normalized spacial score (nSPS) is 27.5. The molecule has 13 heavy (non-hydrogen) atoms. The van der Waals surface area contributed by atoms with Crippen molar-refractivity contribution in [1.29, 1.82) is 0 Å². The lowest BCUT2D eigenvalue weighted by Crippen LogP contribution is -2.37. The Labute approximate surface area is 87.1 Å². The minimum atomic E-state index is 0.707. The molecule has 3 atom stereocenters. The maximum absolute atomic E-state index is 3.72. The van der Waals surface area contributed by atoms with E-state index in [1.807, 2.05) is 0 Å². The lowest BCUT2D eigenvalue weighted by atomic mass is 10.00. The molecule has 78 valence electrons.